The van der Waals surface area contributed by atoms with Crippen LogP contribution in [0.3, 0.4) is 0 Å². The lowest BCUT2D eigenvalue weighted by molar-refractivity contribution is 0.266. The van der Waals surface area contributed by atoms with E-state index in [2.05, 4.69) is 54.4 Å². The number of hydrogen-bond donors (Lipinski definition) is 1. The lowest BCUT2D eigenvalue weighted by atomic mass is 10.2. The fourth-order valence-electron chi connectivity index (χ4n) is 2.41. The zero-order chi connectivity index (χ0) is 20.5. The van der Waals surface area contributed by atoms with Gasteiger partial charge in [0.1, 0.15) is 6.07 Å². The number of fused-ring (bicyclic) bond motifs is 1. The first-order valence-electron chi connectivity index (χ1n) is 8.99. The van der Waals surface area contributed by atoms with Gasteiger partial charge in [-0.3, -0.25) is 4.68 Å². The minimum atomic E-state index is -1.77. The zero-order valence-electron chi connectivity index (χ0n) is 16.7. The van der Waals surface area contributed by atoms with E-state index in [-0.39, 0.29) is 10.2 Å². The summed E-state index contributed by atoms with van der Waals surface area (Å²) in [4.78, 5) is 4.24. The second-order valence-corrected chi connectivity index (χ2v) is 13.3. The molecule has 3 heterocycles. The number of anilines is 2. The van der Waals surface area contributed by atoms with E-state index in [1.54, 1.807) is 6.07 Å². The number of nitriles is 1. The third kappa shape index (κ3) is 4.19. The molecule has 28 heavy (non-hydrogen) atoms. The predicted molar refractivity (Wildman–Crippen MR) is 111 cm³/mol. The van der Waals surface area contributed by atoms with Crippen LogP contribution in [0.5, 0.6) is 0 Å². The van der Waals surface area contributed by atoms with Crippen LogP contribution in [0, 0.1) is 11.3 Å². The third-order valence-corrected chi connectivity index (χ3v) is 9.77. The van der Waals surface area contributed by atoms with Crippen LogP contribution < -0.4 is 5.32 Å². The highest BCUT2D eigenvalue weighted by molar-refractivity contribution is 6.74. The maximum absolute atomic E-state index is 9.15. The molecule has 0 radical (unpaired) electrons. The lowest BCUT2D eigenvalue weighted by Gasteiger charge is -2.36. The summed E-state index contributed by atoms with van der Waals surface area (Å²) in [6.45, 7) is 12.4. The summed E-state index contributed by atoms with van der Waals surface area (Å²) in [5, 5.41) is 21.4. The van der Waals surface area contributed by atoms with Crippen molar-refractivity contribution in [1.29, 1.82) is 5.26 Å². The Hall–Kier alpha value is -2.41. The largest absolute Gasteiger partial charge is 0.415 e. The van der Waals surface area contributed by atoms with Crippen LogP contribution in [-0.4, -0.2) is 39.3 Å². The van der Waals surface area contributed by atoms with Crippen LogP contribution in [0.25, 0.3) is 5.65 Å². The van der Waals surface area contributed by atoms with Gasteiger partial charge in [-0.15, -0.1) is 0 Å². The molecule has 0 spiro atoms. The number of halogens is 1. The summed E-state index contributed by atoms with van der Waals surface area (Å²) in [7, 11) is -1.77. The van der Waals surface area contributed by atoms with Gasteiger partial charge in [0.15, 0.2) is 30.6 Å². The minimum absolute atomic E-state index is 0.183. The molecule has 0 aliphatic carbocycles. The van der Waals surface area contributed by atoms with Gasteiger partial charge in [0.05, 0.1) is 25.0 Å². The maximum atomic E-state index is 9.15. The molecule has 3 rings (SSSR count). The summed E-state index contributed by atoms with van der Waals surface area (Å²) in [6, 6.07) is 5.56. The molecule has 8 nitrogen and oxygen atoms in total. The Morgan fingerprint density at radius 3 is 2.75 bits per heavy atom. The fourth-order valence-corrected chi connectivity index (χ4v) is 3.63. The Labute approximate surface area is 170 Å². The molecule has 0 aliphatic heterocycles. The molecule has 148 valence electrons. The van der Waals surface area contributed by atoms with E-state index in [1.165, 1.54) is 10.7 Å². The monoisotopic (exact) mass is 417 g/mol. The minimum Gasteiger partial charge on any atom is -0.415 e. The molecule has 0 amide bonds. The van der Waals surface area contributed by atoms with Gasteiger partial charge in [-0.25, -0.2) is 4.98 Å². The average molecular weight is 418 g/mol. The summed E-state index contributed by atoms with van der Waals surface area (Å²) in [5.74, 6) is 0.651. The van der Waals surface area contributed by atoms with E-state index in [0.717, 1.165) is 0 Å². The van der Waals surface area contributed by atoms with E-state index in [1.807, 2.05) is 23.0 Å². The van der Waals surface area contributed by atoms with Crippen molar-refractivity contribution in [3.8, 4) is 6.07 Å². The quantitative estimate of drug-likeness (QED) is 0.603. The van der Waals surface area contributed by atoms with E-state index >= 15 is 0 Å². The summed E-state index contributed by atoms with van der Waals surface area (Å²) in [5.41, 5.74) is 1.45. The van der Waals surface area contributed by atoms with Gasteiger partial charge in [0.25, 0.3) is 0 Å². The molecular weight excluding hydrogens is 394 g/mol. The van der Waals surface area contributed by atoms with E-state index in [0.29, 0.717) is 36.0 Å². The summed E-state index contributed by atoms with van der Waals surface area (Å²) in [6.07, 6.45) is 3.35. The third-order valence-electron chi connectivity index (χ3n) is 5.05. The topological polar surface area (TPSA) is 93.1 Å². The Balaban J connectivity index is 1.70. The number of hydrogen-bond acceptors (Lipinski definition) is 6. The van der Waals surface area contributed by atoms with Crippen LogP contribution in [-0.2, 0) is 11.0 Å². The van der Waals surface area contributed by atoms with Crippen molar-refractivity contribution in [2.45, 2.75) is 45.4 Å². The van der Waals surface area contributed by atoms with Gasteiger partial charge in [0.2, 0.25) is 0 Å². The predicted octanol–water partition coefficient (Wildman–Crippen LogP) is 4.22. The van der Waals surface area contributed by atoms with Crippen molar-refractivity contribution in [3.63, 3.8) is 0 Å². The fraction of sp³-hybridized carbons (Fsp3) is 0.444. The smallest absolute Gasteiger partial charge is 0.192 e. The van der Waals surface area contributed by atoms with Crippen molar-refractivity contribution < 1.29 is 4.43 Å². The number of rotatable bonds is 6. The average Bonchev–Trinajstić information content (AvgIpc) is 3.20. The molecule has 10 heteroatoms. The molecule has 0 aromatic carbocycles. The molecule has 0 saturated heterocycles. The van der Waals surface area contributed by atoms with Crippen LogP contribution in [0.1, 0.15) is 26.5 Å². The second-order valence-electron chi connectivity index (χ2n) is 8.07. The molecule has 0 unspecified atom stereocenters. The first-order chi connectivity index (χ1) is 13.1. The Bertz CT molecular complexity index is 1030. The first kappa shape index (κ1) is 20.3. The van der Waals surface area contributed by atoms with Crippen LogP contribution in [0.2, 0.25) is 23.3 Å². The second kappa shape index (κ2) is 7.54. The van der Waals surface area contributed by atoms with Crippen molar-refractivity contribution in [1.82, 2.24) is 24.4 Å². The highest BCUT2D eigenvalue weighted by atomic mass is 35.5. The molecule has 1 N–H and O–H groups in total. The highest BCUT2D eigenvalue weighted by Crippen LogP contribution is 2.36. The normalized spacial score (nSPS) is 12.3. The van der Waals surface area contributed by atoms with E-state index in [9.17, 15) is 0 Å². The van der Waals surface area contributed by atoms with Crippen LogP contribution >= 0.6 is 11.6 Å². The summed E-state index contributed by atoms with van der Waals surface area (Å²) >= 11 is 6.08. The van der Waals surface area contributed by atoms with Crippen molar-refractivity contribution in [3.05, 3.63) is 35.4 Å². The molecule has 0 fully saturated rings. The van der Waals surface area contributed by atoms with Crippen molar-refractivity contribution in [2.75, 3.05) is 11.9 Å². The number of nitrogens with one attached hydrogen (secondary N) is 1. The molecule has 0 aliphatic rings. The highest BCUT2D eigenvalue weighted by Gasteiger charge is 2.36. The van der Waals surface area contributed by atoms with Gasteiger partial charge in [0, 0.05) is 18.3 Å². The Morgan fingerprint density at radius 2 is 2.07 bits per heavy atom. The van der Waals surface area contributed by atoms with Gasteiger partial charge >= 0.3 is 0 Å². The van der Waals surface area contributed by atoms with E-state index in [4.69, 9.17) is 21.3 Å². The molecule has 3 aromatic heterocycles. The molecular formula is C18H24ClN7OSi. The van der Waals surface area contributed by atoms with E-state index < -0.39 is 8.32 Å². The van der Waals surface area contributed by atoms with Crippen molar-refractivity contribution in [2.24, 2.45) is 0 Å². The van der Waals surface area contributed by atoms with Crippen LogP contribution in [0.15, 0.2) is 24.5 Å². The zero-order valence-corrected chi connectivity index (χ0v) is 18.4. The molecule has 0 bridgehead atoms. The summed E-state index contributed by atoms with van der Waals surface area (Å²) < 4.78 is 9.45. The van der Waals surface area contributed by atoms with Crippen LogP contribution in [0.4, 0.5) is 11.5 Å². The lowest BCUT2D eigenvalue weighted by Crippen LogP contribution is -2.41. The van der Waals surface area contributed by atoms with Gasteiger partial charge in [-0.05, 0) is 18.1 Å². The van der Waals surface area contributed by atoms with Crippen molar-refractivity contribution >= 4 is 37.1 Å². The maximum Gasteiger partial charge on any atom is 0.192 e. The molecule has 0 saturated carbocycles. The number of aromatic nitrogens is 5. The molecule has 3 aromatic rings. The molecule has 0 atom stereocenters. The standard InChI is InChI=1S/C18H24ClN7OSi/c1-18(2,3)28(4,5)27-9-8-25-7-6-16(24-25)22-14-10-15(19)23-26-13(11-20)12-21-17(14)26/h6-7,10,12H,8-9H2,1-5H3,(H,22,24). The Morgan fingerprint density at radius 1 is 1.32 bits per heavy atom. The number of imidazole rings is 1. The number of nitrogens with zero attached hydrogens (tertiary/aromatic N) is 6. The SMILES string of the molecule is CC(C)(C)[Si](C)(C)OCCn1ccc(Nc2cc(Cl)nn3c(C#N)cnc23)n1. The van der Waals surface area contributed by atoms with Gasteiger partial charge in [-0.2, -0.15) is 20.0 Å². The van der Waals surface area contributed by atoms with Gasteiger partial charge in [-0.1, -0.05) is 32.4 Å². The Kier molecular flexibility index (Phi) is 5.47. The first-order valence-corrected chi connectivity index (χ1v) is 12.3. The van der Waals surface area contributed by atoms with Gasteiger partial charge < -0.3 is 9.74 Å².